The van der Waals surface area contributed by atoms with Gasteiger partial charge in [0.2, 0.25) is 5.75 Å². The van der Waals surface area contributed by atoms with Crippen LogP contribution in [0.2, 0.25) is 0 Å². The first-order chi connectivity index (χ1) is 14.2. The zero-order valence-corrected chi connectivity index (χ0v) is 17.2. The predicted molar refractivity (Wildman–Crippen MR) is 106 cm³/mol. The van der Waals surface area contributed by atoms with E-state index in [1.165, 1.54) is 19.2 Å². The number of nitrogens with zero attached hydrogens (tertiary/aromatic N) is 3. The number of allylic oxidation sites excluding steroid dienone is 2. The molecule has 4 rings (SSSR count). The van der Waals surface area contributed by atoms with Gasteiger partial charge in [0, 0.05) is 11.6 Å². The third kappa shape index (κ3) is 3.18. The molecule has 1 saturated heterocycles. The number of aliphatic carboxylic acids is 1. The minimum absolute atomic E-state index is 0.0551. The van der Waals surface area contributed by atoms with E-state index < -0.39 is 22.7 Å². The molecule has 0 spiro atoms. The van der Waals surface area contributed by atoms with E-state index >= 15 is 0 Å². The van der Waals surface area contributed by atoms with Gasteiger partial charge in [-0.05, 0) is 47.2 Å². The maximum absolute atomic E-state index is 12.7. The number of imide groups is 1. The number of amides is 2. The highest BCUT2D eigenvalue weighted by atomic mass is 79.9. The number of rotatable bonds is 6. The lowest BCUT2D eigenvalue weighted by atomic mass is 9.85. The van der Waals surface area contributed by atoms with Crippen LogP contribution in [0.4, 0.5) is 5.69 Å². The quantitative estimate of drug-likeness (QED) is 0.218. The van der Waals surface area contributed by atoms with E-state index in [-0.39, 0.29) is 51.3 Å². The summed E-state index contributed by atoms with van der Waals surface area (Å²) in [6.45, 7) is 1.25. The van der Waals surface area contributed by atoms with Crippen molar-refractivity contribution < 1.29 is 29.2 Å². The van der Waals surface area contributed by atoms with Gasteiger partial charge in [-0.25, -0.2) is 4.79 Å². The molecule has 1 saturated carbocycles. The summed E-state index contributed by atoms with van der Waals surface area (Å²) in [5, 5.41) is 25.3. The molecule has 1 heterocycles. The Morgan fingerprint density at radius 2 is 1.93 bits per heavy atom. The molecular formula is C19H16BrN3O7. The number of fused-ring (bicyclic) bond motifs is 5. The first-order valence-electron chi connectivity index (χ1n) is 9.16. The van der Waals surface area contributed by atoms with Gasteiger partial charge in [-0.3, -0.25) is 19.7 Å². The number of hydrazone groups is 1. The Morgan fingerprint density at radius 1 is 1.33 bits per heavy atom. The van der Waals surface area contributed by atoms with E-state index in [4.69, 9.17) is 9.84 Å². The Labute approximate surface area is 178 Å². The van der Waals surface area contributed by atoms with E-state index in [1.807, 2.05) is 12.2 Å². The third-order valence-electron chi connectivity index (χ3n) is 5.65. The molecule has 11 heteroatoms. The third-order valence-corrected chi connectivity index (χ3v) is 6.24. The minimum Gasteiger partial charge on any atom is -0.479 e. The second-order valence-corrected chi connectivity index (χ2v) is 8.29. The number of benzene rings is 1. The summed E-state index contributed by atoms with van der Waals surface area (Å²) in [7, 11) is 0. The van der Waals surface area contributed by atoms with Gasteiger partial charge in [0.05, 0.1) is 27.4 Å². The molecule has 1 aromatic carbocycles. The highest BCUT2D eigenvalue weighted by Gasteiger charge is 2.59. The molecule has 2 bridgehead atoms. The molecular weight excluding hydrogens is 462 g/mol. The number of carboxylic acids is 1. The van der Waals surface area contributed by atoms with Gasteiger partial charge in [0.25, 0.3) is 11.8 Å². The Morgan fingerprint density at radius 3 is 2.47 bits per heavy atom. The van der Waals surface area contributed by atoms with E-state index in [9.17, 15) is 24.5 Å². The zero-order chi connectivity index (χ0) is 21.7. The molecule has 0 unspecified atom stereocenters. The fourth-order valence-electron chi connectivity index (χ4n) is 4.28. The summed E-state index contributed by atoms with van der Waals surface area (Å²) in [5.74, 6) is -2.90. The second-order valence-electron chi connectivity index (χ2n) is 7.44. The van der Waals surface area contributed by atoms with Gasteiger partial charge in [-0.2, -0.15) is 10.1 Å². The molecule has 0 radical (unpaired) electrons. The lowest BCUT2D eigenvalue weighted by molar-refractivity contribution is -0.386. The van der Waals surface area contributed by atoms with Crippen LogP contribution in [0.15, 0.2) is 33.9 Å². The SMILES string of the molecule is C[C@H](Oc1c(Br)cc(C=NN2C(=O)[C@@H]3[C@H](C2=O)[C@H]2C=C[C@H]3C2)cc1[N+](=O)[O-])C(=O)O. The van der Waals surface area contributed by atoms with Crippen molar-refractivity contribution in [3.05, 3.63) is 44.4 Å². The summed E-state index contributed by atoms with van der Waals surface area (Å²) in [4.78, 5) is 47.0. The van der Waals surface area contributed by atoms with Crippen LogP contribution < -0.4 is 4.74 Å². The van der Waals surface area contributed by atoms with Crippen LogP contribution in [-0.4, -0.2) is 45.1 Å². The fraction of sp³-hybridized carbons (Fsp3) is 0.368. The van der Waals surface area contributed by atoms with Crippen molar-refractivity contribution in [1.29, 1.82) is 0 Å². The summed E-state index contributed by atoms with van der Waals surface area (Å²) in [6, 6.07) is 2.56. The number of nitro groups is 1. The average molecular weight is 478 g/mol. The number of ether oxygens (including phenoxy) is 1. The molecule has 3 aliphatic rings. The number of halogens is 1. The van der Waals surface area contributed by atoms with Crippen molar-refractivity contribution in [2.45, 2.75) is 19.4 Å². The predicted octanol–water partition coefficient (Wildman–Crippen LogP) is 2.35. The molecule has 156 valence electrons. The summed E-state index contributed by atoms with van der Waals surface area (Å²) in [5.41, 5.74) is -0.236. The Hall–Kier alpha value is -3.08. The van der Waals surface area contributed by atoms with Crippen molar-refractivity contribution in [3.63, 3.8) is 0 Å². The van der Waals surface area contributed by atoms with E-state index in [0.717, 1.165) is 17.5 Å². The maximum Gasteiger partial charge on any atom is 0.344 e. The van der Waals surface area contributed by atoms with Crippen LogP contribution in [0.3, 0.4) is 0 Å². The van der Waals surface area contributed by atoms with Crippen LogP contribution in [-0.2, 0) is 14.4 Å². The molecule has 1 aliphatic heterocycles. The number of nitro benzene ring substituents is 1. The van der Waals surface area contributed by atoms with Gasteiger partial charge >= 0.3 is 11.7 Å². The molecule has 5 atom stereocenters. The number of carbonyl (C=O) groups excluding carboxylic acids is 2. The summed E-state index contributed by atoms with van der Waals surface area (Å²) < 4.78 is 5.33. The second kappa shape index (κ2) is 7.31. The van der Waals surface area contributed by atoms with Gasteiger partial charge in [0.1, 0.15) is 0 Å². The van der Waals surface area contributed by atoms with Crippen molar-refractivity contribution >= 4 is 45.6 Å². The number of hydrogen-bond acceptors (Lipinski definition) is 7. The number of carboxylic acid groups (broad SMARTS) is 1. The average Bonchev–Trinajstić information content (AvgIpc) is 3.36. The lowest BCUT2D eigenvalue weighted by Crippen LogP contribution is -2.28. The van der Waals surface area contributed by atoms with Gasteiger partial charge < -0.3 is 9.84 Å². The van der Waals surface area contributed by atoms with Crippen LogP contribution >= 0.6 is 15.9 Å². The molecule has 2 amide bonds. The minimum atomic E-state index is -1.30. The number of hydrogen-bond donors (Lipinski definition) is 1. The monoisotopic (exact) mass is 477 g/mol. The van der Waals surface area contributed by atoms with Crippen LogP contribution in [0, 0.1) is 33.8 Å². The lowest BCUT2D eigenvalue weighted by Gasteiger charge is -2.13. The smallest absolute Gasteiger partial charge is 0.344 e. The van der Waals surface area contributed by atoms with Crippen molar-refractivity contribution in [2.24, 2.45) is 28.8 Å². The standard InChI is InChI=1S/C19H16BrN3O7/c1-8(19(26)27)30-16-12(20)4-9(5-13(16)23(28)29)7-21-22-17(24)14-10-2-3-11(6-10)15(14)18(22)25/h2-5,7-8,10-11,14-15H,6H2,1H3,(H,26,27)/t8-,10-,11-,14-,15+/m0/s1. The summed E-state index contributed by atoms with van der Waals surface area (Å²) in [6.07, 6.45) is 4.64. The Balaban J connectivity index is 1.60. The fourth-order valence-corrected chi connectivity index (χ4v) is 4.84. The first kappa shape index (κ1) is 20.2. The van der Waals surface area contributed by atoms with Gasteiger partial charge in [-0.15, -0.1) is 0 Å². The molecule has 2 fully saturated rings. The molecule has 0 aromatic heterocycles. The molecule has 10 nitrogen and oxygen atoms in total. The molecule has 2 aliphatic carbocycles. The van der Waals surface area contributed by atoms with Crippen LogP contribution in [0.25, 0.3) is 0 Å². The highest BCUT2D eigenvalue weighted by molar-refractivity contribution is 9.10. The van der Waals surface area contributed by atoms with Gasteiger partial charge in [-0.1, -0.05) is 12.2 Å². The largest absolute Gasteiger partial charge is 0.479 e. The molecule has 1 aromatic rings. The van der Waals surface area contributed by atoms with Crippen molar-refractivity contribution in [1.82, 2.24) is 5.01 Å². The number of carbonyl (C=O) groups is 3. The maximum atomic E-state index is 12.7. The molecule has 30 heavy (non-hydrogen) atoms. The Bertz CT molecular complexity index is 1010. The van der Waals surface area contributed by atoms with Crippen molar-refractivity contribution in [3.8, 4) is 5.75 Å². The summed E-state index contributed by atoms with van der Waals surface area (Å²) >= 11 is 3.14. The van der Waals surface area contributed by atoms with E-state index in [1.54, 1.807) is 0 Å². The topological polar surface area (TPSA) is 139 Å². The molecule has 1 N–H and O–H groups in total. The van der Waals surface area contributed by atoms with E-state index in [0.29, 0.717) is 0 Å². The first-order valence-corrected chi connectivity index (χ1v) is 9.96. The van der Waals surface area contributed by atoms with Crippen LogP contribution in [0.1, 0.15) is 18.9 Å². The normalized spacial score (nSPS) is 27.7. The van der Waals surface area contributed by atoms with Gasteiger partial charge in [0.15, 0.2) is 6.10 Å². The zero-order valence-electron chi connectivity index (χ0n) is 15.6. The van der Waals surface area contributed by atoms with E-state index in [2.05, 4.69) is 21.0 Å². The highest BCUT2D eigenvalue weighted by Crippen LogP contribution is 2.52. The van der Waals surface area contributed by atoms with Crippen molar-refractivity contribution in [2.75, 3.05) is 0 Å². The Kier molecular flexibility index (Phi) is 4.92. The van der Waals surface area contributed by atoms with Crippen LogP contribution in [0.5, 0.6) is 5.75 Å².